The Morgan fingerprint density at radius 1 is 1.03 bits per heavy atom. The van der Waals surface area contributed by atoms with Crippen molar-refractivity contribution in [1.29, 1.82) is 0 Å². The third kappa shape index (κ3) is 4.11. The van der Waals surface area contributed by atoms with Crippen LogP contribution < -0.4 is 9.47 Å². The lowest BCUT2D eigenvalue weighted by atomic mass is 9.79. The predicted molar refractivity (Wildman–Crippen MR) is 141 cm³/mol. The average Bonchev–Trinajstić information content (AvgIpc) is 3.31. The number of halogens is 1. The maximum Gasteiger partial charge on any atom is 0.307 e. The molecule has 3 atom stereocenters. The molecule has 0 unspecified atom stereocenters. The van der Waals surface area contributed by atoms with Gasteiger partial charge in [-0.25, -0.2) is 4.39 Å². The van der Waals surface area contributed by atoms with E-state index in [1.807, 2.05) is 24.3 Å². The van der Waals surface area contributed by atoms with Gasteiger partial charge in [-0.15, -0.1) is 0 Å². The Labute approximate surface area is 216 Å². The second-order valence-electron chi connectivity index (χ2n) is 11.2. The number of carbonyl (C=O) groups is 1. The first kappa shape index (κ1) is 23.8. The Balaban J connectivity index is 1.30. The van der Waals surface area contributed by atoms with Crippen LogP contribution in [0.15, 0.2) is 60.7 Å². The highest BCUT2D eigenvalue weighted by Crippen LogP contribution is 2.61. The molecular formula is C32H31FO4. The van der Waals surface area contributed by atoms with E-state index in [2.05, 4.69) is 32.1 Å². The van der Waals surface area contributed by atoms with Crippen LogP contribution in [0.4, 0.5) is 4.39 Å². The molecule has 5 heteroatoms. The smallest absolute Gasteiger partial charge is 0.307 e. The maximum atomic E-state index is 15.0. The van der Waals surface area contributed by atoms with Gasteiger partial charge >= 0.3 is 5.97 Å². The molecule has 1 N–H and O–H groups in total. The van der Waals surface area contributed by atoms with E-state index in [0.29, 0.717) is 17.9 Å². The van der Waals surface area contributed by atoms with Crippen molar-refractivity contribution in [3.63, 3.8) is 0 Å². The van der Waals surface area contributed by atoms with E-state index in [4.69, 9.17) is 9.47 Å². The van der Waals surface area contributed by atoms with Gasteiger partial charge in [0.2, 0.25) is 0 Å². The molecule has 1 fully saturated rings. The van der Waals surface area contributed by atoms with Crippen LogP contribution in [0.3, 0.4) is 0 Å². The first-order chi connectivity index (χ1) is 17.8. The average molecular weight is 499 g/mol. The first-order valence-electron chi connectivity index (χ1n) is 12.9. The monoisotopic (exact) mass is 498 g/mol. The van der Waals surface area contributed by atoms with Crippen LogP contribution in [0.1, 0.15) is 54.9 Å². The topological polar surface area (TPSA) is 55.8 Å². The summed E-state index contributed by atoms with van der Waals surface area (Å²) < 4.78 is 26.6. The van der Waals surface area contributed by atoms with Gasteiger partial charge in [0, 0.05) is 11.5 Å². The number of hydrogen-bond acceptors (Lipinski definition) is 3. The van der Waals surface area contributed by atoms with Crippen molar-refractivity contribution in [2.75, 3.05) is 7.11 Å². The van der Waals surface area contributed by atoms with Gasteiger partial charge in [-0.3, -0.25) is 4.79 Å². The molecule has 0 amide bonds. The van der Waals surface area contributed by atoms with Crippen molar-refractivity contribution in [2.45, 2.75) is 45.6 Å². The fourth-order valence-electron chi connectivity index (χ4n) is 6.41. The first-order valence-corrected chi connectivity index (χ1v) is 12.9. The van der Waals surface area contributed by atoms with Crippen molar-refractivity contribution < 1.29 is 23.8 Å². The van der Waals surface area contributed by atoms with Gasteiger partial charge in [0.05, 0.1) is 13.0 Å². The Morgan fingerprint density at radius 3 is 2.57 bits per heavy atom. The molecule has 190 valence electrons. The van der Waals surface area contributed by atoms with Crippen molar-refractivity contribution in [3.05, 3.63) is 88.7 Å². The molecule has 0 saturated heterocycles. The molecule has 0 radical (unpaired) electrons. The summed E-state index contributed by atoms with van der Waals surface area (Å²) in [7, 11) is 1.59. The number of hydrogen-bond donors (Lipinski definition) is 1. The normalized spacial score (nSPS) is 22.7. The zero-order chi connectivity index (χ0) is 25.9. The molecule has 3 aliphatic carbocycles. The highest BCUT2D eigenvalue weighted by molar-refractivity contribution is 5.85. The van der Waals surface area contributed by atoms with E-state index in [-0.39, 0.29) is 29.0 Å². The molecule has 3 aromatic rings. The van der Waals surface area contributed by atoms with Crippen LogP contribution in [-0.2, 0) is 17.8 Å². The number of rotatable bonds is 7. The van der Waals surface area contributed by atoms with Gasteiger partial charge in [0.15, 0.2) is 0 Å². The molecule has 0 heterocycles. The fourth-order valence-corrected chi connectivity index (χ4v) is 6.41. The fraction of sp³-hybridized carbons (Fsp3) is 0.344. The van der Waals surface area contributed by atoms with E-state index in [1.54, 1.807) is 19.2 Å². The lowest BCUT2D eigenvalue weighted by Crippen LogP contribution is -2.10. The van der Waals surface area contributed by atoms with Crippen molar-refractivity contribution >= 4 is 11.5 Å². The van der Waals surface area contributed by atoms with Crippen molar-refractivity contribution in [2.24, 2.45) is 17.3 Å². The van der Waals surface area contributed by atoms with Crippen LogP contribution in [-0.4, -0.2) is 18.2 Å². The molecule has 3 aromatic carbocycles. The van der Waals surface area contributed by atoms with Gasteiger partial charge in [0.25, 0.3) is 0 Å². The lowest BCUT2D eigenvalue weighted by Gasteiger charge is -2.25. The molecule has 0 aliphatic heterocycles. The zero-order valence-corrected chi connectivity index (χ0v) is 21.4. The van der Waals surface area contributed by atoms with Crippen molar-refractivity contribution in [1.82, 2.24) is 0 Å². The molecule has 1 saturated carbocycles. The number of ether oxygens (including phenoxy) is 2. The Kier molecular flexibility index (Phi) is 5.63. The minimum Gasteiger partial charge on any atom is -0.497 e. The third-order valence-corrected chi connectivity index (χ3v) is 8.48. The summed E-state index contributed by atoms with van der Waals surface area (Å²) in [6.45, 7) is 4.85. The standard InChI is InChI=1S/C32H31FO4/c1-32(2)12-4-5-27(32)24-13-18(6-10-22(24)25-15-20(36-3)9-11-28(25)33)17-37-21-8-7-19-14-26-29(23(19)16-21)30(26)31(34)35/h5-11,13,15-16,26,29-30H,4,12,14,17H2,1-3H3,(H,34,35)/t26-,29+,30+/m1/s1. The maximum absolute atomic E-state index is 15.0. The Morgan fingerprint density at radius 2 is 1.84 bits per heavy atom. The van der Waals surface area contributed by atoms with Crippen LogP contribution in [0.25, 0.3) is 16.7 Å². The SMILES string of the molecule is COc1ccc(F)c(-c2ccc(COc3ccc4c(c3)[C@H]3[C@@H](C4)[C@@H]3C(=O)O)cc2C2=CCCC2(C)C)c1. The van der Waals surface area contributed by atoms with Gasteiger partial charge in [-0.2, -0.15) is 0 Å². The number of methoxy groups -OCH3 is 1. The van der Waals surface area contributed by atoms with Crippen LogP contribution in [0, 0.1) is 23.1 Å². The van der Waals surface area contributed by atoms with Gasteiger partial charge in [-0.1, -0.05) is 38.1 Å². The highest BCUT2D eigenvalue weighted by atomic mass is 19.1. The molecule has 3 aliphatic rings. The Hall–Kier alpha value is -3.60. The lowest BCUT2D eigenvalue weighted by molar-refractivity contribution is -0.139. The molecule has 37 heavy (non-hydrogen) atoms. The molecular weight excluding hydrogens is 467 g/mol. The predicted octanol–water partition coefficient (Wildman–Crippen LogP) is 7.25. The quantitative estimate of drug-likeness (QED) is 0.373. The molecule has 0 bridgehead atoms. The summed E-state index contributed by atoms with van der Waals surface area (Å²) >= 11 is 0. The molecule has 0 aromatic heterocycles. The van der Waals surface area contributed by atoms with Crippen LogP contribution >= 0.6 is 0 Å². The number of fused-ring (bicyclic) bond motifs is 3. The van der Waals surface area contributed by atoms with Gasteiger partial charge < -0.3 is 14.6 Å². The minimum atomic E-state index is -0.698. The van der Waals surface area contributed by atoms with Crippen LogP contribution in [0.5, 0.6) is 11.5 Å². The summed E-state index contributed by atoms with van der Waals surface area (Å²) in [5.74, 6) is 0.497. The third-order valence-electron chi connectivity index (χ3n) is 8.48. The van der Waals surface area contributed by atoms with Crippen molar-refractivity contribution in [3.8, 4) is 22.6 Å². The van der Waals surface area contributed by atoms with E-state index >= 15 is 4.39 Å². The zero-order valence-electron chi connectivity index (χ0n) is 21.4. The summed E-state index contributed by atoms with van der Waals surface area (Å²) in [6.07, 6.45) is 5.16. The van der Waals surface area contributed by atoms with Gasteiger partial charge in [-0.05, 0) is 100 Å². The second-order valence-corrected chi connectivity index (χ2v) is 11.2. The summed E-state index contributed by atoms with van der Waals surface area (Å²) in [6, 6.07) is 17.0. The number of carboxylic acid groups (broad SMARTS) is 1. The largest absolute Gasteiger partial charge is 0.497 e. The van der Waals surface area contributed by atoms with Crippen LogP contribution in [0.2, 0.25) is 0 Å². The Bertz CT molecular complexity index is 1440. The number of carboxylic acids is 1. The molecule has 0 spiro atoms. The minimum absolute atomic E-state index is 0.00888. The molecule has 4 nitrogen and oxygen atoms in total. The summed E-state index contributed by atoms with van der Waals surface area (Å²) in [5, 5.41) is 9.44. The van der Waals surface area contributed by atoms with E-state index in [1.165, 1.54) is 17.2 Å². The van der Waals surface area contributed by atoms with E-state index in [9.17, 15) is 9.90 Å². The van der Waals surface area contributed by atoms with E-state index < -0.39 is 5.97 Å². The molecule has 6 rings (SSSR count). The second kappa shape index (κ2) is 8.76. The van der Waals surface area contributed by atoms with E-state index in [0.717, 1.165) is 47.3 Å². The number of aliphatic carboxylic acids is 1. The summed E-state index contributed by atoms with van der Waals surface area (Å²) in [4.78, 5) is 11.5. The summed E-state index contributed by atoms with van der Waals surface area (Å²) in [5.41, 5.74) is 6.97. The number of benzene rings is 3. The highest BCUT2D eigenvalue weighted by Gasteiger charge is 2.59. The number of allylic oxidation sites excluding steroid dienone is 2. The van der Waals surface area contributed by atoms with Gasteiger partial charge in [0.1, 0.15) is 23.9 Å².